The zero-order chi connectivity index (χ0) is 22.4. The van der Waals surface area contributed by atoms with Crippen LogP contribution in [0.5, 0.6) is 0 Å². The third kappa shape index (κ3) is 6.19. The second-order valence-corrected chi connectivity index (χ2v) is 8.50. The second-order valence-electron chi connectivity index (χ2n) is 6.26. The quantitative estimate of drug-likeness (QED) is 0.292. The van der Waals surface area contributed by atoms with E-state index in [0.29, 0.717) is 34.7 Å². The third-order valence-corrected chi connectivity index (χ3v) is 6.34. The smallest absolute Gasteiger partial charge is 0.391 e. The summed E-state index contributed by atoms with van der Waals surface area (Å²) >= 11 is 7.97. The molecule has 11 heteroatoms. The van der Waals surface area contributed by atoms with E-state index >= 15 is 0 Å². The van der Waals surface area contributed by atoms with Crippen molar-refractivity contribution in [3.05, 3.63) is 68.7 Å². The van der Waals surface area contributed by atoms with E-state index in [2.05, 4.69) is 20.6 Å². The Hall–Kier alpha value is -2.61. The minimum absolute atomic E-state index is 0.137. The molecule has 0 amide bonds. The normalized spacial score (nSPS) is 11.6. The number of aryl methyl sites for hydroxylation is 1. The number of hydrogen-bond donors (Lipinski definition) is 0. The van der Waals surface area contributed by atoms with Crippen molar-refractivity contribution >= 4 is 41.1 Å². The van der Waals surface area contributed by atoms with Crippen molar-refractivity contribution in [1.82, 2.24) is 9.36 Å². The summed E-state index contributed by atoms with van der Waals surface area (Å²) in [6.07, 6.45) is -1.98. The Balaban J connectivity index is 1.63. The first-order valence-corrected chi connectivity index (χ1v) is 10.7. The molecule has 31 heavy (non-hydrogen) atoms. The fraction of sp³-hybridized carbons (Fsp3) is 0.200. The molecule has 2 heterocycles. The number of halogens is 4. The Morgan fingerprint density at radius 3 is 2.68 bits per heavy atom. The highest BCUT2D eigenvalue weighted by Gasteiger charge is 2.31. The van der Waals surface area contributed by atoms with E-state index in [0.717, 1.165) is 40.5 Å². The summed E-state index contributed by atoms with van der Waals surface area (Å²) in [4.78, 5) is 9.67. The monoisotopic (exact) mass is 482 g/mol. The van der Waals surface area contributed by atoms with Crippen LogP contribution in [0.15, 0.2) is 51.7 Å². The predicted molar refractivity (Wildman–Crippen MR) is 113 cm³/mol. The summed E-state index contributed by atoms with van der Waals surface area (Å²) in [7, 11) is 0. The van der Waals surface area contributed by atoms with Crippen LogP contribution in [0.2, 0.25) is 5.02 Å². The van der Waals surface area contributed by atoms with E-state index in [9.17, 15) is 18.4 Å². The average Bonchev–Trinajstić information content (AvgIpc) is 3.11. The Kier molecular flexibility index (Phi) is 7.54. The number of rotatable bonds is 7. The molecule has 5 nitrogen and oxygen atoms in total. The molecule has 0 aliphatic heterocycles. The maximum Gasteiger partial charge on any atom is 0.417 e. The molecular formula is C20H14ClF3N4OS2. The summed E-state index contributed by atoms with van der Waals surface area (Å²) in [6, 6.07) is 10.7. The van der Waals surface area contributed by atoms with E-state index in [1.165, 1.54) is 6.21 Å². The van der Waals surface area contributed by atoms with Crippen molar-refractivity contribution in [3.8, 4) is 6.07 Å². The number of nitriles is 1. The zero-order valence-electron chi connectivity index (χ0n) is 16.0. The highest BCUT2D eigenvalue weighted by Crippen LogP contribution is 2.38. The Bertz CT molecular complexity index is 1120. The summed E-state index contributed by atoms with van der Waals surface area (Å²) in [5.74, 6) is 0. The number of aromatic nitrogens is 2. The third-order valence-electron chi connectivity index (χ3n) is 3.95. The summed E-state index contributed by atoms with van der Waals surface area (Å²) < 4.78 is 42.5. The van der Waals surface area contributed by atoms with E-state index in [-0.39, 0.29) is 10.0 Å². The number of benzene rings is 1. The Morgan fingerprint density at radius 1 is 1.29 bits per heavy atom. The molecule has 0 saturated carbocycles. The van der Waals surface area contributed by atoms with Crippen molar-refractivity contribution in [2.45, 2.75) is 36.2 Å². The number of pyridine rings is 1. The second kappa shape index (κ2) is 10.1. The van der Waals surface area contributed by atoms with Gasteiger partial charge in [-0.2, -0.15) is 22.8 Å². The van der Waals surface area contributed by atoms with Crippen LogP contribution in [0.1, 0.15) is 27.1 Å². The van der Waals surface area contributed by atoms with Crippen molar-refractivity contribution in [2.24, 2.45) is 5.16 Å². The van der Waals surface area contributed by atoms with Crippen molar-refractivity contribution < 1.29 is 18.0 Å². The predicted octanol–water partition coefficient (Wildman–Crippen LogP) is 6.29. The molecule has 0 aliphatic rings. The van der Waals surface area contributed by atoms with Crippen LogP contribution in [0, 0.1) is 18.3 Å². The molecule has 0 radical (unpaired) electrons. The first-order valence-electron chi connectivity index (χ1n) is 8.76. The van der Waals surface area contributed by atoms with Gasteiger partial charge >= 0.3 is 6.18 Å². The number of hydrogen-bond acceptors (Lipinski definition) is 7. The van der Waals surface area contributed by atoms with Crippen molar-refractivity contribution in [3.63, 3.8) is 0 Å². The van der Waals surface area contributed by atoms with Crippen LogP contribution >= 0.6 is 34.9 Å². The first kappa shape index (κ1) is 23.1. The molecule has 0 atom stereocenters. The largest absolute Gasteiger partial charge is 0.417 e. The summed E-state index contributed by atoms with van der Waals surface area (Å²) in [5, 5.41) is 13.7. The van der Waals surface area contributed by atoms with Gasteiger partial charge in [0, 0.05) is 23.7 Å². The summed E-state index contributed by atoms with van der Waals surface area (Å²) in [5.41, 5.74) is 1.50. The van der Waals surface area contributed by atoms with Gasteiger partial charge in [-0.25, -0.2) is 4.98 Å². The maximum atomic E-state index is 12.8. The molecule has 0 spiro atoms. The van der Waals surface area contributed by atoms with E-state index in [1.54, 1.807) is 0 Å². The average molecular weight is 483 g/mol. The molecule has 0 saturated heterocycles. The fourth-order valence-corrected chi connectivity index (χ4v) is 4.33. The maximum absolute atomic E-state index is 12.8. The van der Waals surface area contributed by atoms with E-state index < -0.39 is 11.7 Å². The van der Waals surface area contributed by atoms with Gasteiger partial charge in [0.15, 0.2) is 0 Å². The number of nitrogens with zero attached hydrogens (tertiary/aromatic N) is 4. The van der Waals surface area contributed by atoms with Crippen LogP contribution in [-0.2, 0) is 24.0 Å². The SMILES string of the molecule is Cc1ccc(CON=CCc2snc(Sc3ncc(C(F)(F)F)cc3Cl)c2C#N)cc1. The lowest BCUT2D eigenvalue weighted by atomic mass is 10.2. The number of alkyl halides is 3. The van der Waals surface area contributed by atoms with Gasteiger partial charge in [0.2, 0.25) is 0 Å². The van der Waals surface area contributed by atoms with Crippen LogP contribution in [-0.4, -0.2) is 15.6 Å². The molecule has 2 aromatic heterocycles. The minimum atomic E-state index is -4.54. The Morgan fingerprint density at radius 2 is 2.03 bits per heavy atom. The van der Waals surface area contributed by atoms with Crippen molar-refractivity contribution in [1.29, 1.82) is 5.26 Å². The van der Waals surface area contributed by atoms with Gasteiger partial charge in [-0.3, -0.25) is 0 Å². The van der Waals surface area contributed by atoms with Gasteiger partial charge in [-0.05, 0) is 41.8 Å². The molecule has 0 fully saturated rings. The topological polar surface area (TPSA) is 71.2 Å². The number of oxime groups is 1. The fourth-order valence-electron chi connectivity index (χ4n) is 2.34. The van der Waals surface area contributed by atoms with Crippen LogP contribution < -0.4 is 0 Å². The van der Waals surface area contributed by atoms with Gasteiger partial charge in [-0.1, -0.05) is 46.6 Å². The van der Waals surface area contributed by atoms with Gasteiger partial charge < -0.3 is 4.84 Å². The Labute approximate surface area is 189 Å². The molecule has 1 aromatic carbocycles. The van der Waals surface area contributed by atoms with Crippen LogP contribution in [0.4, 0.5) is 13.2 Å². The highest BCUT2D eigenvalue weighted by atomic mass is 35.5. The molecule has 160 valence electrons. The molecule has 3 aromatic rings. The van der Waals surface area contributed by atoms with E-state index in [1.807, 2.05) is 31.2 Å². The lowest BCUT2D eigenvalue weighted by molar-refractivity contribution is -0.137. The molecule has 0 N–H and O–H groups in total. The lowest BCUT2D eigenvalue weighted by Crippen LogP contribution is -2.05. The molecule has 3 rings (SSSR count). The molecule has 0 unspecified atom stereocenters. The lowest BCUT2D eigenvalue weighted by Gasteiger charge is -2.08. The first-order chi connectivity index (χ1) is 14.8. The van der Waals surface area contributed by atoms with E-state index in [4.69, 9.17) is 16.4 Å². The minimum Gasteiger partial charge on any atom is -0.391 e. The van der Waals surface area contributed by atoms with Crippen LogP contribution in [0.25, 0.3) is 0 Å². The zero-order valence-corrected chi connectivity index (χ0v) is 18.4. The van der Waals surface area contributed by atoms with Gasteiger partial charge in [0.25, 0.3) is 0 Å². The van der Waals surface area contributed by atoms with Crippen LogP contribution in [0.3, 0.4) is 0 Å². The molecule has 0 bridgehead atoms. The highest BCUT2D eigenvalue weighted by molar-refractivity contribution is 7.99. The molecule has 0 aliphatic carbocycles. The van der Waals surface area contributed by atoms with Crippen molar-refractivity contribution in [2.75, 3.05) is 0 Å². The van der Waals surface area contributed by atoms with Gasteiger partial charge in [0.1, 0.15) is 28.3 Å². The molecular weight excluding hydrogens is 469 g/mol. The van der Waals surface area contributed by atoms with Gasteiger partial charge in [0.05, 0.1) is 10.6 Å². The summed E-state index contributed by atoms with van der Waals surface area (Å²) in [6.45, 7) is 2.32. The van der Waals surface area contributed by atoms with Gasteiger partial charge in [-0.15, -0.1) is 0 Å². The standard InChI is InChI=1S/C20H14ClF3N4OS2/c1-12-2-4-13(5-3-12)11-29-27-7-6-17-15(9-25)18(28-31-17)30-19-16(21)8-14(10-26-19)20(22,23)24/h2-5,7-8,10H,6,11H2,1H3.